The average Bonchev–Trinajstić information content (AvgIpc) is 2.12. The Bertz CT molecular complexity index is 315. The van der Waals surface area contributed by atoms with Crippen LogP contribution in [0.4, 0.5) is 8.78 Å². The Hall–Kier alpha value is -0.670. The van der Waals surface area contributed by atoms with Crippen molar-refractivity contribution in [2.24, 2.45) is 5.73 Å². The van der Waals surface area contributed by atoms with Crippen LogP contribution in [0, 0.1) is 12.7 Å². The lowest BCUT2D eigenvalue weighted by Gasteiger charge is -2.12. The van der Waals surface area contributed by atoms with E-state index in [1.807, 2.05) is 0 Å². The summed E-state index contributed by atoms with van der Waals surface area (Å²) in [5, 5.41) is 0.174. The molecule has 0 bridgehead atoms. The average molecular weight is 206 g/mol. The first-order valence-corrected chi connectivity index (χ1v) is 4.21. The summed E-state index contributed by atoms with van der Waals surface area (Å²) in [6.07, 6.45) is 0. The molecule has 0 heterocycles. The Morgan fingerprint density at radius 1 is 1.54 bits per heavy atom. The monoisotopic (exact) mass is 205 g/mol. The van der Waals surface area contributed by atoms with Crippen molar-refractivity contribution in [3.05, 3.63) is 34.1 Å². The molecule has 0 aliphatic carbocycles. The summed E-state index contributed by atoms with van der Waals surface area (Å²) in [5.41, 5.74) is 5.84. The molecule has 1 nitrogen and oxygen atoms in total. The third-order valence-corrected chi connectivity index (χ3v) is 2.19. The summed E-state index contributed by atoms with van der Waals surface area (Å²) in [6, 6.07) is 2.07. The van der Waals surface area contributed by atoms with Crippen LogP contribution in [0.3, 0.4) is 0 Å². The molecule has 0 aliphatic heterocycles. The molecular formula is C9H10ClF2N. The van der Waals surface area contributed by atoms with Crippen LogP contribution in [0.5, 0.6) is 0 Å². The second-order valence-electron chi connectivity index (χ2n) is 2.85. The van der Waals surface area contributed by atoms with Gasteiger partial charge in [-0.2, -0.15) is 0 Å². The van der Waals surface area contributed by atoms with Gasteiger partial charge in [0.25, 0.3) is 0 Å². The minimum atomic E-state index is -0.979. The summed E-state index contributed by atoms with van der Waals surface area (Å²) >= 11 is 5.69. The molecular weight excluding hydrogens is 196 g/mol. The van der Waals surface area contributed by atoms with Gasteiger partial charge in [-0.1, -0.05) is 17.7 Å². The van der Waals surface area contributed by atoms with Crippen molar-refractivity contribution in [2.45, 2.75) is 13.0 Å². The zero-order chi connectivity index (χ0) is 10.0. The first-order chi connectivity index (χ1) is 6.07. The Balaban J connectivity index is 3.25. The maximum Gasteiger partial charge on any atom is 0.132 e. The van der Waals surface area contributed by atoms with E-state index < -0.39 is 18.5 Å². The summed E-state index contributed by atoms with van der Waals surface area (Å²) in [6.45, 7) is 0.764. The van der Waals surface area contributed by atoms with Crippen molar-refractivity contribution >= 4 is 11.6 Å². The Morgan fingerprint density at radius 3 is 2.69 bits per heavy atom. The molecule has 13 heavy (non-hydrogen) atoms. The molecule has 4 heteroatoms. The van der Waals surface area contributed by atoms with Gasteiger partial charge in [0.2, 0.25) is 0 Å². The van der Waals surface area contributed by atoms with Crippen molar-refractivity contribution in [3.8, 4) is 0 Å². The minimum Gasteiger partial charge on any atom is -0.322 e. The number of halogens is 3. The molecule has 0 radical (unpaired) electrons. The van der Waals surface area contributed by atoms with E-state index in [1.165, 1.54) is 12.1 Å². The highest BCUT2D eigenvalue weighted by Crippen LogP contribution is 2.26. The Kier molecular flexibility index (Phi) is 3.22. The normalized spacial score (nSPS) is 13.0. The van der Waals surface area contributed by atoms with Crippen molar-refractivity contribution < 1.29 is 8.78 Å². The molecule has 0 spiro atoms. The van der Waals surface area contributed by atoms with E-state index in [9.17, 15) is 8.78 Å². The van der Waals surface area contributed by atoms with Gasteiger partial charge >= 0.3 is 0 Å². The quantitative estimate of drug-likeness (QED) is 0.790. The molecule has 0 unspecified atom stereocenters. The summed E-state index contributed by atoms with van der Waals surface area (Å²) < 4.78 is 25.6. The third-order valence-electron chi connectivity index (χ3n) is 1.86. The lowest BCUT2D eigenvalue weighted by atomic mass is 10.0. The lowest BCUT2D eigenvalue weighted by Crippen LogP contribution is -2.15. The van der Waals surface area contributed by atoms with Crippen molar-refractivity contribution in [2.75, 3.05) is 6.67 Å². The van der Waals surface area contributed by atoms with Crippen LogP contribution in [-0.2, 0) is 0 Å². The van der Waals surface area contributed by atoms with E-state index in [4.69, 9.17) is 17.3 Å². The number of hydrogen-bond donors (Lipinski definition) is 1. The van der Waals surface area contributed by atoms with Crippen LogP contribution in [-0.4, -0.2) is 6.67 Å². The van der Waals surface area contributed by atoms with Crippen LogP contribution in [0.1, 0.15) is 17.2 Å². The van der Waals surface area contributed by atoms with E-state index in [-0.39, 0.29) is 10.6 Å². The van der Waals surface area contributed by atoms with Gasteiger partial charge in [0.1, 0.15) is 12.5 Å². The van der Waals surface area contributed by atoms with Gasteiger partial charge < -0.3 is 5.73 Å². The molecule has 2 N–H and O–H groups in total. The molecule has 72 valence electrons. The molecule has 1 atom stereocenters. The molecule has 1 aromatic carbocycles. The number of rotatable bonds is 2. The molecule has 1 rings (SSSR count). The predicted octanol–water partition coefficient (Wildman–Crippen LogP) is 2.76. The van der Waals surface area contributed by atoms with E-state index in [2.05, 4.69) is 0 Å². The Labute approximate surface area is 80.5 Å². The predicted molar refractivity (Wildman–Crippen MR) is 49.1 cm³/mol. The largest absolute Gasteiger partial charge is 0.322 e. The fourth-order valence-corrected chi connectivity index (χ4v) is 1.38. The fourth-order valence-electron chi connectivity index (χ4n) is 1.10. The third kappa shape index (κ3) is 1.98. The van der Waals surface area contributed by atoms with E-state index in [0.29, 0.717) is 5.56 Å². The zero-order valence-corrected chi connectivity index (χ0v) is 7.91. The van der Waals surface area contributed by atoms with Crippen molar-refractivity contribution in [1.29, 1.82) is 0 Å². The summed E-state index contributed by atoms with van der Waals surface area (Å²) in [7, 11) is 0. The topological polar surface area (TPSA) is 26.0 Å². The standard InChI is InChI=1S/C9H10ClF2N/c1-5-2-3-6(10)8(9(5)12)7(13)4-11/h2-3,7H,4,13H2,1H3/t7-/m1/s1. The highest BCUT2D eigenvalue weighted by Gasteiger charge is 2.16. The lowest BCUT2D eigenvalue weighted by molar-refractivity contribution is 0.426. The van der Waals surface area contributed by atoms with Gasteiger partial charge in [-0.3, -0.25) is 0 Å². The van der Waals surface area contributed by atoms with Gasteiger partial charge in [-0.15, -0.1) is 0 Å². The van der Waals surface area contributed by atoms with E-state index in [1.54, 1.807) is 6.92 Å². The van der Waals surface area contributed by atoms with Crippen LogP contribution >= 0.6 is 11.6 Å². The van der Waals surface area contributed by atoms with E-state index >= 15 is 0 Å². The van der Waals surface area contributed by atoms with Gasteiger partial charge in [0.05, 0.1) is 6.04 Å². The van der Waals surface area contributed by atoms with Crippen LogP contribution in [0.25, 0.3) is 0 Å². The summed E-state index contributed by atoms with van der Waals surface area (Å²) in [4.78, 5) is 0. The van der Waals surface area contributed by atoms with Gasteiger partial charge in [-0.25, -0.2) is 8.78 Å². The number of aryl methyl sites for hydroxylation is 1. The fraction of sp³-hybridized carbons (Fsp3) is 0.333. The number of nitrogens with two attached hydrogens (primary N) is 1. The molecule has 0 aromatic heterocycles. The van der Waals surface area contributed by atoms with E-state index in [0.717, 1.165) is 0 Å². The zero-order valence-electron chi connectivity index (χ0n) is 7.15. The highest BCUT2D eigenvalue weighted by atomic mass is 35.5. The first-order valence-electron chi connectivity index (χ1n) is 3.84. The SMILES string of the molecule is Cc1ccc(Cl)c([C@H](N)CF)c1F. The highest BCUT2D eigenvalue weighted by molar-refractivity contribution is 6.31. The van der Waals surface area contributed by atoms with Crippen molar-refractivity contribution in [3.63, 3.8) is 0 Å². The first kappa shape index (κ1) is 10.4. The van der Waals surface area contributed by atoms with Gasteiger partial charge in [0.15, 0.2) is 0 Å². The van der Waals surface area contributed by atoms with Gasteiger partial charge in [-0.05, 0) is 18.6 Å². The summed E-state index contributed by atoms with van der Waals surface area (Å²) in [5.74, 6) is -0.516. The second-order valence-corrected chi connectivity index (χ2v) is 3.26. The molecule has 0 saturated carbocycles. The Morgan fingerprint density at radius 2 is 2.15 bits per heavy atom. The molecule has 0 amide bonds. The number of alkyl halides is 1. The van der Waals surface area contributed by atoms with Gasteiger partial charge in [0, 0.05) is 10.6 Å². The smallest absolute Gasteiger partial charge is 0.132 e. The maximum atomic E-state index is 13.4. The number of benzene rings is 1. The molecule has 0 aliphatic rings. The molecule has 1 aromatic rings. The van der Waals surface area contributed by atoms with Crippen LogP contribution in [0.15, 0.2) is 12.1 Å². The molecule has 0 saturated heterocycles. The maximum absolute atomic E-state index is 13.4. The number of hydrogen-bond acceptors (Lipinski definition) is 1. The second kappa shape index (κ2) is 4.03. The van der Waals surface area contributed by atoms with Crippen LogP contribution in [0.2, 0.25) is 5.02 Å². The van der Waals surface area contributed by atoms with Crippen LogP contribution < -0.4 is 5.73 Å². The van der Waals surface area contributed by atoms with Crippen molar-refractivity contribution in [1.82, 2.24) is 0 Å². The minimum absolute atomic E-state index is 0.0594. The molecule has 0 fully saturated rings.